The number of anilines is 1. The van der Waals surface area contributed by atoms with Gasteiger partial charge in [0.15, 0.2) is 0 Å². The molecule has 7 aromatic rings. The highest BCUT2D eigenvalue weighted by Crippen LogP contribution is 2.51. The summed E-state index contributed by atoms with van der Waals surface area (Å²) in [6.45, 7) is 10.1. The molecule has 0 bridgehead atoms. The van der Waals surface area contributed by atoms with E-state index in [1.807, 2.05) is 0 Å². The predicted molar refractivity (Wildman–Crippen MR) is 238 cm³/mol. The first-order chi connectivity index (χ1) is 26.8. The minimum absolute atomic E-state index is 0.572. The number of allylic oxidation sites excluding steroid dienone is 5. The molecule has 1 unspecified atom stereocenters. The topological polar surface area (TPSA) is 3.24 Å². The summed E-state index contributed by atoms with van der Waals surface area (Å²) in [5, 5.41) is 7.81. The standard InChI is InChI=1S/C54H51N/c1-37-16-22-43(23-17-37)51-35-53-48-14-7-5-12-46(48)50(34-52(53)49-15-8-6-13-47(49)51)42-10-9-11-44(29-26-42)55(45-27-18-38(2)19-28-45)33-30-40-20-24-41(25-21-40)39(3)36-54(4)31-32-54/h5-9,11-29,34-35,39H,10,30-33,36H2,1-4H3. The quantitative estimate of drug-likeness (QED) is 0.128. The van der Waals surface area contributed by atoms with E-state index in [4.69, 9.17) is 0 Å². The number of aryl methyl sites for hydroxylation is 2. The van der Waals surface area contributed by atoms with Crippen molar-refractivity contribution in [1.29, 1.82) is 0 Å². The SMILES string of the molecule is Cc1ccc(-c2cc3c4ccccc4c(C4=CC=C(N(CCc5ccc(C(C)CC6(C)CC6)cc5)c5ccc(C)cc5)C=CC4)cc3c3ccccc23)cc1. The lowest BCUT2D eigenvalue weighted by Crippen LogP contribution is -2.24. The Morgan fingerprint density at radius 2 is 1.20 bits per heavy atom. The fourth-order valence-corrected chi connectivity index (χ4v) is 8.84. The molecular weight excluding hydrogens is 663 g/mol. The van der Waals surface area contributed by atoms with Crippen LogP contribution < -0.4 is 4.90 Å². The second-order valence-electron chi connectivity index (χ2n) is 16.7. The van der Waals surface area contributed by atoms with Gasteiger partial charge in [-0.25, -0.2) is 0 Å². The number of fused-ring (bicyclic) bond motifs is 5. The summed E-state index contributed by atoms with van der Waals surface area (Å²) in [5.74, 6) is 0.613. The third-order valence-electron chi connectivity index (χ3n) is 12.4. The molecule has 7 aromatic carbocycles. The Bertz CT molecular complexity index is 2610. The third-order valence-corrected chi connectivity index (χ3v) is 12.4. The summed E-state index contributed by atoms with van der Waals surface area (Å²) in [6, 6.07) is 50.3. The van der Waals surface area contributed by atoms with Gasteiger partial charge in [0.25, 0.3) is 0 Å². The van der Waals surface area contributed by atoms with Crippen molar-refractivity contribution in [2.75, 3.05) is 11.4 Å². The molecule has 0 amide bonds. The summed E-state index contributed by atoms with van der Waals surface area (Å²) >= 11 is 0. The maximum Gasteiger partial charge on any atom is 0.0411 e. The fourth-order valence-electron chi connectivity index (χ4n) is 8.84. The van der Waals surface area contributed by atoms with E-state index in [0.717, 1.165) is 19.4 Å². The van der Waals surface area contributed by atoms with Crippen LogP contribution in [0.4, 0.5) is 5.69 Å². The van der Waals surface area contributed by atoms with Crippen LogP contribution in [-0.4, -0.2) is 6.54 Å². The van der Waals surface area contributed by atoms with Gasteiger partial charge >= 0.3 is 0 Å². The van der Waals surface area contributed by atoms with E-state index in [0.29, 0.717) is 11.3 Å². The van der Waals surface area contributed by atoms with Crippen LogP contribution in [0.5, 0.6) is 0 Å². The zero-order valence-electron chi connectivity index (χ0n) is 32.8. The Kier molecular flexibility index (Phi) is 9.27. The monoisotopic (exact) mass is 713 g/mol. The normalized spacial score (nSPS) is 15.5. The zero-order chi connectivity index (χ0) is 37.5. The van der Waals surface area contributed by atoms with Gasteiger partial charge in [-0.2, -0.15) is 0 Å². The molecule has 1 saturated carbocycles. The van der Waals surface area contributed by atoms with E-state index in [1.54, 1.807) is 0 Å². The average Bonchev–Trinajstić information content (AvgIpc) is 3.99. The van der Waals surface area contributed by atoms with Crippen LogP contribution in [0.3, 0.4) is 0 Å². The second-order valence-corrected chi connectivity index (χ2v) is 16.7. The minimum atomic E-state index is 0.572. The number of benzene rings is 7. The van der Waals surface area contributed by atoms with E-state index in [1.165, 1.54) is 107 Å². The van der Waals surface area contributed by atoms with Crippen LogP contribution in [0.15, 0.2) is 163 Å². The molecule has 2 aliphatic carbocycles. The molecule has 2 aliphatic rings. The number of hydrogen-bond donors (Lipinski definition) is 0. The molecular formula is C54H51N. The molecule has 1 heteroatoms. The van der Waals surface area contributed by atoms with E-state index < -0.39 is 0 Å². The maximum absolute atomic E-state index is 2.50. The Balaban J connectivity index is 1.08. The van der Waals surface area contributed by atoms with Crippen molar-refractivity contribution >= 4 is 43.6 Å². The highest BCUT2D eigenvalue weighted by molar-refractivity contribution is 6.22. The van der Waals surface area contributed by atoms with E-state index >= 15 is 0 Å². The average molecular weight is 714 g/mol. The van der Waals surface area contributed by atoms with Crippen LogP contribution >= 0.6 is 0 Å². The van der Waals surface area contributed by atoms with Crippen molar-refractivity contribution in [3.05, 3.63) is 191 Å². The number of nitrogens with zero attached hydrogens (tertiary/aromatic N) is 1. The van der Waals surface area contributed by atoms with Crippen molar-refractivity contribution in [2.24, 2.45) is 5.41 Å². The van der Waals surface area contributed by atoms with Gasteiger partial charge in [0.05, 0.1) is 0 Å². The van der Waals surface area contributed by atoms with Crippen molar-refractivity contribution in [3.63, 3.8) is 0 Å². The highest BCUT2D eigenvalue weighted by atomic mass is 15.1. The summed E-state index contributed by atoms with van der Waals surface area (Å²) < 4.78 is 0. The van der Waals surface area contributed by atoms with E-state index in [-0.39, 0.29) is 0 Å². The molecule has 0 heterocycles. The van der Waals surface area contributed by atoms with Gasteiger partial charge in [0, 0.05) is 17.9 Å². The summed E-state index contributed by atoms with van der Waals surface area (Å²) in [4.78, 5) is 2.50. The first kappa shape index (κ1) is 35.1. The molecule has 1 nitrogen and oxygen atoms in total. The van der Waals surface area contributed by atoms with Crippen LogP contribution in [0.1, 0.15) is 73.3 Å². The lowest BCUT2D eigenvalue weighted by atomic mass is 9.87. The smallest absolute Gasteiger partial charge is 0.0411 e. The van der Waals surface area contributed by atoms with Gasteiger partial charge in [-0.15, -0.1) is 0 Å². The molecule has 0 radical (unpaired) electrons. The predicted octanol–water partition coefficient (Wildman–Crippen LogP) is 14.7. The van der Waals surface area contributed by atoms with Gasteiger partial charge in [0.1, 0.15) is 0 Å². The summed E-state index contributed by atoms with van der Waals surface area (Å²) in [6.07, 6.45) is 15.3. The lowest BCUT2D eigenvalue weighted by molar-refractivity contribution is 0.467. The van der Waals surface area contributed by atoms with Gasteiger partial charge in [-0.3, -0.25) is 0 Å². The van der Waals surface area contributed by atoms with E-state index in [2.05, 4.69) is 190 Å². The molecule has 9 rings (SSSR count). The maximum atomic E-state index is 2.50. The molecule has 1 fully saturated rings. The molecule has 272 valence electrons. The van der Waals surface area contributed by atoms with Crippen molar-refractivity contribution in [2.45, 2.75) is 65.7 Å². The molecule has 0 saturated heterocycles. The van der Waals surface area contributed by atoms with Gasteiger partial charge in [-0.1, -0.05) is 146 Å². The van der Waals surface area contributed by atoms with Gasteiger partial charge in [-0.05, 0) is 159 Å². The Hall–Kier alpha value is -5.66. The second kappa shape index (κ2) is 14.5. The number of hydrogen-bond acceptors (Lipinski definition) is 1. The van der Waals surface area contributed by atoms with Crippen molar-refractivity contribution in [1.82, 2.24) is 0 Å². The van der Waals surface area contributed by atoms with Crippen molar-refractivity contribution < 1.29 is 0 Å². The molecule has 0 spiro atoms. The molecule has 0 aromatic heterocycles. The Labute approximate surface area is 327 Å². The number of rotatable bonds is 10. The van der Waals surface area contributed by atoms with Crippen LogP contribution in [-0.2, 0) is 6.42 Å². The lowest BCUT2D eigenvalue weighted by Gasteiger charge is -2.26. The van der Waals surface area contributed by atoms with Crippen LogP contribution in [0, 0.1) is 19.3 Å². The minimum Gasteiger partial charge on any atom is -0.341 e. The molecule has 0 aliphatic heterocycles. The summed E-state index contributed by atoms with van der Waals surface area (Å²) in [5.41, 5.74) is 13.6. The van der Waals surface area contributed by atoms with Crippen LogP contribution in [0.2, 0.25) is 0 Å². The highest BCUT2D eigenvalue weighted by Gasteiger charge is 2.38. The Morgan fingerprint density at radius 3 is 1.84 bits per heavy atom. The fraction of sp³-hybridized carbons (Fsp3) is 0.222. The van der Waals surface area contributed by atoms with Gasteiger partial charge in [0.2, 0.25) is 0 Å². The van der Waals surface area contributed by atoms with E-state index in [9.17, 15) is 0 Å². The van der Waals surface area contributed by atoms with Gasteiger partial charge < -0.3 is 4.90 Å². The van der Waals surface area contributed by atoms with Crippen LogP contribution in [0.25, 0.3) is 49.0 Å². The molecule has 1 atom stereocenters. The molecule has 55 heavy (non-hydrogen) atoms. The third kappa shape index (κ3) is 7.17. The largest absolute Gasteiger partial charge is 0.341 e. The molecule has 0 N–H and O–H groups in total. The zero-order valence-corrected chi connectivity index (χ0v) is 32.8. The van der Waals surface area contributed by atoms with Crippen molar-refractivity contribution in [3.8, 4) is 11.1 Å². The first-order valence-electron chi connectivity index (χ1n) is 20.3. The Morgan fingerprint density at radius 1 is 0.618 bits per heavy atom. The first-order valence-corrected chi connectivity index (χ1v) is 20.3. The summed E-state index contributed by atoms with van der Waals surface area (Å²) in [7, 11) is 0.